The van der Waals surface area contributed by atoms with Gasteiger partial charge < -0.3 is 10.1 Å². The first kappa shape index (κ1) is 20.1. The summed E-state index contributed by atoms with van der Waals surface area (Å²) in [5, 5.41) is 4.59. The van der Waals surface area contributed by atoms with Crippen LogP contribution in [0.1, 0.15) is 10.4 Å². The van der Waals surface area contributed by atoms with Crippen LogP contribution in [0.25, 0.3) is 0 Å². The number of esters is 1. The van der Waals surface area contributed by atoms with Crippen molar-refractivity contribution in [3.05, 3.63) is 52.2 Å². The summed E-state index contributed by atoms with van der Waals surface area (Å²) in [6.45, 7) is 1.29. The second-order valence-corrected chi connectivity index (χ2v) is 8.28. The van der Waals surface area contributed by atoms with E-state index in [2.05, 4.69) is 10.0 Å². The second-order valence-electron chi connectivity index (χ2n) is 5.48. The molecule has 0 atom stereocenters. The molecule has 7 nitrogen and oxygen atoms in total. The molecule has 2 N–H and O–H groups in total. The highest BCUT2D eigenvalue weighted by Gasteiger charge is 2.16. The molecule has 1 heterocycles. The molecule has 1 aromatic carbocycles. The van der Waals surface area contributed by atoms with Gasteiger partial charge in [0.25, 0.3) is 5.91 Å². The molecule has 0 aliphatic rings. The third kappa shape index (κ3) is 6.58. The van der Waals surface area contributed by atoms with E-state index < -0.39 is 35.1 Å². The summed E-state index contributed by atoms with van der Waals surface area (Å²) in [4.78, 5) is 24.4. The highest BCUT2D eigenvalue weighted by molar-refractivity contribution is 7.89. The van der Waals surface area contributed by atoms with E-state index in [1.807, 2.05) is 24.4 Å². The Bertz CT molecular complexity index is 831. The number of nitrogens with one attached hydrogen (secondary N) is 2. The first-order valence-electron chi connectivity index (χ1n) is 7.88. The SMILES string of the molecule is Cc1ccc(S(=O)(=O)NCC(=O)OCC(=O)NCCc2cccs2)cc1. The number of thiophene rings is 1. The maximum absolute atomic E-state index is 12.0. The predicted octanol–water partition coefficient (Wildman–Crippen LogP) is 1.24. The fourth-order valence-corrected chi connectivity index (χ4v) is 3.66. The number of rotatable bonds is 9. The molecule has 0 fully saturated rings. The van der Waals surface area contributed by atoms with Gasteiger partial charge in [-0.1, -0.05) is 23.8 Å². The van der Waals surface area contributed by atoms with Crippen molar-refractivity contribution < 1.29 is 22.7 Å². The lowest BCUT2D eigenvalue weighted by Crippen LogP contribution is -2.34. The van der Waals surface area contributed by atoms with E-state index in [0.717, 1.165) is 10.4 Å². The van der Waals surface area contributed by atoms with E-state index in [9.17, 15) is 18.0 Å². The summed E-state index contributed by atoms with van der Waals surface area (Å²) in [5.74, 6) is -1.26. The normalized spacial score (nSPS) is 11.1. The number of amides is 1. The van der Waals surface area contributed by atoms with Gasteiger partial charge in [-0.05, 0) is 36.9 Å². The highest BCUT2D eigenvalue weighted by atomic mass is 32.2. The molecule has 0 aliphatic carbocycles. The zero-order chi connectivity index (χ0) is 19.0. The van der Waals surface area contributed by atoms with Gasteiger partial charge in [0.05, 0.1) is 4.90 Å². The molecule has 2 aromatic rings. The molecule has 0 radical (unpaired) electrons. The van der Waals surface area contributed by atoms with Gasteiger partial charge >= 0.3 is 5.97 Å². The predicted molar refractivity (Wildman–Crippen MR) is 98.4 cm³/mol. The third-order valence-corrected chi connectivity index (χ3v) is 5.73. The van der Waals surface area contributed by atoms with Gasteiger partial charge in [0.2, 0.25) is 10.0 Å². The van der Waals surface area contributed by atoms with Crippen molar-refractivity contribution in [1.82, 2.24) is 10.0 Å². The fraction of sp³-hybridized carbons (Fsp3) is 0.294. The van der Waals surface area contributed by atoms with Gasteiger partial charge in [-0.15, -0.1) is 11.3 Å². The molecule has 0 aliphatic heterocycles. The molecule has 0 saturated heterocycles. The summed E-state index contributed by atoms with van der Waals surface area (Å²) in [6, 6.07) is 10.1. The van der Waals surface area contributed by atoms with Crippen LogP contribution in [0.15, 0.2) is 46.7 Å². The topological polar surface area (TPSA) is 102 Å². The molecule has 0 spiro atoms. The molecule has 9 heteroatoms. The monoisotopic (exact) mass is 396 g/mol. The van der Waals surface area contributed by atoms with Crippen molar-refractivity contribution >= 4 is 33.2 Å². The van der Waals surface area contributed by atoms with Crippen molar-refractivity contribution in [1.29, 1.82) is 0 Å². The molecule has 140 valence electrons. The number of hydrogen-bond acceptors (Lipinski definition) is 6. The molecule has 26 heavy (non-hydrogen) atoms. The molecule has 1 aromatic heterocycles. The van der Waals surface area contributed by atoms with E-state index >= 15 is 0 Å². The minimum atomic E-state index is -3.80. The second kappa shape index (κ2) is 9.46. The largest absolute Gasteiger partial charge is 0.455 e. The number of hydrogen-bond donors (Lipinski definition) is 2. The highest BCUT2D eigenvalue weighted by Crippen LogP contribution is 2.09. The number of ether oxygens (including phenoxy) is 1. The number of carbonyl (C=O) groups is 2. The van der Waals surface area contributed by atoms with Crippen LogP contribution in [0.3, 0.4) is 0 Å². The Hall–Kier alpha value is -2.23. The average molecular weight is 396 g/mol. The molecule has 1 amide bonds. The summed E-state index contributed by atoms with van der Waals surface area (Å²) in [6.07, 6.45) is 0.702. The lowest BCUT2D eigenvalue weighted by molar-refractivity contribution is -0.147. The Balaban J connectivity index is 1.67. The number of benzene rings is 1. The van der Waals surface area contributed by atoms with Crippen LogP contribution >= 0.6 is 11.3 Å². The number of aryl methyl sites for hydroxylation is 1. The van der Waals surface area contributed by atoms with Gasteiger partial charge in [0.1, 0.15) is 6.54 Å². The summed E-state index contributed by atoms with van der Waals surface area (Å²) in [5.41, 5.74) is 0.924. The van der Waals surface area contributed by atoms with Crippen LogP contribution < -0.4 is 10.0 Å². The Kier molecular flexibility index (Phi) is 7.31. The van der Waals surface area contributed by atoms with Crippen molar-refractivity contribution in [2.24, 2.45) is 0 Å². The summed E-state index contributed by atoms with van der Waals surface area (Å²) in [7, 11) is -3.80. The van der Waals surface area contributed by atoms with Gasteiger partial charge in [0, 0.05) is 11.4 Å². The van der Waals surface area contributed by atoms with E-state index in [4.69, 9.17) is 4.74 Å². The Labute approximate surface area is 156 Å². The standard InChI is InChI=1S/C17H20N2O5S2/c1-13-4-6-15(7-5-13)26(22,23)19-11-17(21)24-12-16(20)18-9-8-14-3-2-10-25-14/h2-7,10,19H,8-9,11-12H2,1H3,(H,18,20). The van der Waals surface area contributed by atoms with Crippen molar-refractivity contribution in [3.63, 3.8) is 0 Å². The molecule has 0 saturated carbocycles. The van der Waals surface area contributed by atoms with Crippen LogP contribution in [0.5, 0.6) is 0 Å². The minimum Gasteiger partial charge on any atom is -0.455 e. The van der Waals surface area contributed by atoms with Crippen LogP contribution in [0, 0.1) is 6.92 Å². The van der Waals surface area contributed by atoms with Crippen molar-refractivity contribution in [3.8, 4) is 0 Å². The molecule has 2 rings (SSSR count). The maximum Gasteiger partial charge on any atom is 0.321 e. The fourth-order valence-electron chi connectivity index (χ4n) is 1.98. The zero-order valence-electron chi connectivity index (χ0n) is 14.2. The quantitative estimate of drug-likeness (QED) is 0.621. The van der Waals surface area contributed by atoms with E-state index in [1.54, 1.807) is 23.5 Å². The lowest BCUT2D eigenvalue weighted by atomic mass is 10.2. The Morgan fingerprint density at radius 2 is 1.88 bits per heavy atom. The van der Waals surface area contributed by atoms with Gasteiger partial charge in [-0.2, -0.15) is 4.72 Å². The number of sulfonamides is 1. The van der Waals surface area contributed by atoms with Crippen molar-refractivity contribution in [2.45, 2.75) is 18.2 Å². The Morgan fingerprint density at radius 1 is 1.15 bits per heavy atom. The van der Waals surface area contributed by atoms with E-state index in [1.165, 1.54) is 12.1 Å². The Morgan fingerprint density at radius 3 is 2.54 bits per heavy atom. The first-order chi connectivity index (χ1) is 12.4. The van der Waals surface area contributed by atoms with Gasteiger partial charge in [0.15, 0.2) is 6.61 Å². The van der Waals surface area contributed by atoms with Crippen LogP contribution in [-0.2, 0) is 30.8 Å². The minimum absolute atomic E-state index is 0.0576. The summed E-state index contributed by atoms with van der Waals surface area (Å²) < 4.78 is 31.0. The van der Waals surface area contributed by atoms with E-state index in [0.29, 0.717) is 13.0 Å². The average Bonchev–Trinajstić information content (AvgIpc) is 3.12. The number of carbonyl (C=O) groups excluding carboxylic acids is 2. The van der Waals surface area contributed by atoms with Crippen LogP contribution in [0.2, 0.25) is 0 Å². The molecular formula is C17H20N2O5S2. The molecule has 0 unspecified atom stereocenters. The van der Waals surface area contributed by atoms with Gasteiger partial charge in [-0.25, -0.2) is 8.42 Å². The first-order valence-corrected chi connectivity index (χ1v) is 10.2. The van der Waals surface area contributed by atoms with Crippen LogP contribution in [-0.4, -0.2) is 40.0 Å². The lowest BCUT2D eigenvalue weighted by Gasteiger charge is -2.08. The molecular weight excluding hydrogens is 376 g/mol. The van der Waals surface area contributed by atoms with Crippen LogP contribution in [0.4, 0.5) is 0 Å². The summed E-state index contributed by atoms with van der Waals surface area (Å²) >= 11 is 1.60. The molecule has 0 bridgehead atoms. The van der Waals surface area contributed by atoms with E-state index in [-0.39, 0.29) is 4.90 Å². The van der Waals surface area contributed by atoms with Crippen molar-refractivity contribution in [2.75, 3.05) is 19.7 Å². The van der Waals surface area contributed by atoms with Gasteiger partial charge in [-0.3, -0.25) is 9.59 Å². The zero-order valence-corrected chi connectivity index (χ0v) is 15.9. The maximum atomic E-state index is 12.0. The smallest absolute Gasteiger partial charge is 0.321 e. The third-order valence-electron chi connectivity index (χ3n) is 3.38.